The van der Waals surface area contributed by atoms with E-state index in [9.17, 15) is 4.79 Å². The maximum Gasteiger partial charge on any atom is 0.316 e. The summed E-state index contributed by atoms with van der Waals surface area (Å²) in [5, 5.41) is 0. The second-order valence-corrected chi connectivity index (χ2v) is 6.77. The van der Waals surface area contributed by atoms with E-state index in [-0.39, 0.29) is 5.97 Å². The van der Waals surface area contributed by atoms with E-state index >= 15 is 0 Å². The molecule has 1 aromatic carbocycles. The number of ether oxygens (including phenoxy) is 1. The van der Waals surface area contributed by atoms with Gasteiger partial charge in [0, 0.05) is 15.9 Å². The van der Waals surface area contributed by atoms with Gasteiger partial charge in [-0.25, -0.2) is 0 Å². The first-order chi connectivity index (χ1) is 8.28. The predicted molar refractivity (Wildman–Crippen MR) is 80.6 cm³/mol. The van der Waals surface area contributed by atoms with E-state index in [1.165, 1.54) is 11.8 Å². The lowest BCUT2D eigenvalue weighted by Gasteiger charge is -2.19. The van der Waals surface area contributed by atoms with Gasteiger partial charge in [-0.15, -0.1) is 11.8 Å². The number of nitrogen functional groups attached to an aromatic ring is 1. The molecule has 0 bridgehead atoms. The normalized spacial score (nSPS) is 11.3. The molecule has 1 aromatic rings. The van der Waals surface area contributed by atoms with Crippen LogP contribution in [-0.4, -0.2) is 17.3 Å². The van der Waals surface area contributed by atoms with Crippen molar-refractivity contribution in [3.63, 3.8) is 0 Å². The number of halogens is 1. The fourth-order valence-corrected chi connectivity index (χ4v) is 2.82. The lowest BCUT2D eigenvalue weighted by molar-refractivity contribution is -0.151. The van der Waals surface area contributed by atoms with Crippen molar-refractivity contribution in [2.75, 3.05) is 11.5 Å². The van der Waals surface area contributed by atoms with Crippen LogP contribution in [-0.2, 0) is 15.3 Å². The van der Waals surface area contributed by atoms with Crippen LogP contribution >= 0.6 is 27.7 Å². The van der Waals surface area contributed by atoms with Crippen LogP contribution < -0.4 is 5.73 Å². The molecule has 0 fully saturated rings. The van der Waals surface area contributed by atoms with Crippen molar-refractivity contribution in [2.24, 2.45) is 0 Å². The van der Waals surface area contributed by atoms with Gasteiger partial charge in [-0.05, 0) is 38.5 Å². The number of benzene rings is 1. The number of esters is 1. The molecule has 0 atom stereocenters. The molecule has 0 radical (unpaired) electrons. The quantitative estimate of drug-likeness (QED) is 0.676. The maximum atomic E-state index is 11.5. The highest BCUT2D eigenvalue weighted by molar-refractivity contribution is 9.10. The molecule has 0 heterocycles. The number of carbonyl (C=O) groups excluding carboxylic acids is 1. The van der Waals surface area contributed by atoms with Crippen LogP contribution in [0, 0.1) is 0 Å². The predicted octanol–water partition coefficient (Wildman–Crippen LogP) is 3.61. The van der Waals surface area contributed by atoms with Crippen LogP contribution in [0.1, 0.15) is 26.3 Å². The van der Waals surface area contributed by atoms with Gasteiger partial charge in [0.15, 0.2) is 0 Å². The zero-order chi connectivity index (χ0) is 13.8. The maximum absolute atomic E-state index is 11.5. The van der Waals surface area contributed by atoms with Gasteiger partial charge in [0.1, 0.15) is 5.60 Å². The molecule has 0 amide bonds. The van der Waals surface area contributed by atoms with E-state index in [1.807, 2.05) is 39.0 Å². The molecule has 0 saturated heterocycles. The highest BCUT2D eigenvalue weighted by Gasteiger charge is 2.16. The second kappa shape index (κ2) is 6.48. The summed E-state index contributed by atoms with van der Waals surface area (Å²) in [6.07, 6.45) is 0. The number of rotatable bonds is 4. The minimum absolute atomic E-state index is 0.181. The van der Waals surface area contributed by atoms with E-state index in [0.717, 1.165) is 21.5 Å². The Morgan fingerprint density at radius 1 is 1.44 bits per heavy atom. The fraction of sp³-hybridized carbons (Fsp3) is 0.462. The number of carbonyl (C=O) groups is 1. The summed E-state index contributed by atoms with van der Waals surface area (Å²) in [4.78, 5) is 11.5. The Morgan fingerprint density at radius 2 is 2.11 bits per heavy atom. The topological polar surface area (TPSA) is 52.3 Å². The number of nitrogens with two attached hydrogens (primary N) is 1. The number of thioether (sulfide) groups is 1. The molecule has 0 spiro atoms. The van der Waals surface area contributed by atoms with Gasteiger partial charge in [-0.2, -0.15) is 0 Å². The Kier molecular flexibility index (Phi) is 5.53. The summed E-state index contributed by atoms with van der Waals surface area (Å²) in [6.45, 7) is 5.60. The molecule has 100 valence electrons. The summed E-state index contributed by atoms with van der Waals surface area (Å²) >= 11 is 4.98. The Hall–Kier alpha value is -0.680. The van der Waals surface area contributed by atoms with E-state index in [4.69, 9.17) is 10.5 Å². The number of hydrogen-bond acceptors (Lipinski definition) is 4. The van der Waals surface area contributed by atoms with Crippen molar-refractivity contribution in [3.05, 3.63) is 28.2 Å². The Bertz CT molecular complexity index is 429. The van der Waals surface area contributed by atoms with E-state index in [2.05, 4.69) is 15.9 Å². The Balaban J connectivity index is 2.40. The zero-order valence-electron chi connectivity index (χ0n) is 10.8. The molecular weight excluding hydrogens is 314 g/mol. The minimum Gasteiger partial charge on any atom is -0.459 e. The molecule has 2 N–H and O–H groups in total. The van der Waals surface area contributed by atoms with E-state index in [1.54, 1.807) is 0 Å². The summed E-state index contributed by atoms with van der Waals surface area (Å²) < 4.78 is 6.20. The van der Waals surface area contributed by atoms with Gasteiger partial charge in [0.25, 0.3) is 0 Å². The first kappa shape index (κ1) is 15.4. The van der Waals surface area contributed by atoms with Crippen LogP contribution in [0.2, 0.25) is 0 Å². The van der Waals surface area contributed by atoms with Gasteiger partial charge in [-0.3, -0.25) is 4.79 Å². The number of anilines is 1. The summed E-state index contributed by atoms with van der Waals surface area (Å²) in [5.41, 5.74) is 7.09. The number of hydrogen-bond donors (Lipinski definition) is 1. The van der Waals surface area contributed by atoms with Crippen molar-refractivity contribution in [1.82, 2.24) is 0 Å². The Labute approximate surface area is 121 Å². The van der Waals surface area contributed by atoms with Gasteiger partial charge in [-0.1, -0.05) is 22.0 Å². The van der Waals surface area contributed by atoms with Gasteiger partial charge >= 0.3 is 5.97 Å². The van der Waals surface area contributed by atoms with Crippen LogP contribution in [0.4, 0.5) is 5.69 Å². The van der Waals surface area contributed by atoms with E-state index in [0.29, 0.717) is 5.75 Å². The van der Waals surface area contributed by atoms with Crippen molar-refractivity contribution < 1.29 is 9.53 Å². The molecule has 3 nitrogen and oxygen atoms in total. The first-order valence-electron chi connectivity index (χ1n) is 5.61. The third-order valence-electron chi connectivity index (χ3n) is 1.97. The molecule has 0 aliphatic rings. The smallest absolute Gasteiger partial charge is 0.316 e. The van der Waals surface area contributed by atoms with Crippen molar-refractivity contribution in [2.45, 2.75) is 32.1 Å². The van der Waals surface area contributed by atoms with Crippen molar-refractivity contribution in [1.29, 1.82) is 0 Å². The Morgan fingerprint density at radius 3 is 2.67 bits per heavy atom. The molecule has 18 heavy (non-hydrogen) atoms. The molecule has 1 rings (SSSR count). The average Bonchev–Trinajstić information content (AvgIpc) is 2.18. The summed E-state index contributed by atoms with van der Waals surface area (Å²) in [7, 11) is 0. The van der Waals surface area contributed by atoms with Crippen molar-refractivity contribution in [3.8, 4) is 0 Å². The lowest BCUT2D eigenvalue weighted by atomic mass is 10.2. The van der Waals surface area contributed by atoms with Crippen LogP contribution in [0.5, 0.6) is 0 Å². The SMILES string of the molecule is CC(C)(C)OC(=O)CSCc1ccc(N)cc1Br. The van der Waals surface area contributed by atoms with Crippen LogP contribution in [0.3, 0.4) is 0 Å². The molecule has 5 heteroatoms. The summed E-state index contributed by atoms with van der Waals surface area (Å²) in [6, 6.07) is 5.68. The molecule has 0 aliphatic carbocycles. The van der Waals surface area contributed by atoms with Gasteiger partial charge < -0.3 is 10.5 Å². The van der Waals surface area contributed by atoms with Gasteiger partial charge in [0.05, 0.1) is 5.75 Å². The second-order valence-electron chi connectivity index (χ2n) is 4.93. The zero-order valence-corrected chi connectivity index (χ0v) is 13.2. The largest absolute Gasteiger partial charge is 0.459 e. The molecule has 0 aromatic heterocycles. The molecular formula is C13H18BrNO2S. The monoisotopic (exact) mass is 331 g/mol. The minimum atomic E-state index is -0.417. The van der Waals surface area contributed by atoms with Crippen molar-refractivity contribution >= 4 is 39.3 Å². The molecule has 0 saturated carbocycles. The lowest BCUT2D eigenvalue weighted by Crippen LogP contribution is -2.24. The highest BCUT2D eigenvalue weighted by atomic mass is 79.9. The van der Waals surface area contributed by atoms with E-state index < -0.39 is 5.60 Å². The molecule has 0 unspecified atom stereocenters. The fourth-order valence-electron chi connectivity index (χ4n) is 1.30. The standard InChI is InChI=1S/C13H18BrNO2S/c1-13(2,3)17-12(16)8-18-7-9-4-5-10(15)6-11(9)14/h4-6H,7-8,15H2,1-3H3. The van der Waals surface area contributed by atoms with Crippen LogP contribution in [0.25, 0.3) is 0 Å². The third-order valence-corrected chi connectivity index (χ3v) is 3.67. The van der Waals surface area contributed by atoms with Gasteiger partial charge in [0.2, 0.25) is 0 Å². The first-order valence-corrected chi connectivity index (χ1v) is 7.56. The van der Waals surface area contributed by atoms with Crippen LogP contribution in [0.15, 0.2) is 22.7 Å². The third kappa shape index (κ3) is 5.78. The highest BCUT2D eigenvalue weighted by Crippen LogP contribution is 2.24. The summed E-state index contributed by atoms with van der Waals surface area (Å²) in [5.74, 6) is 0.924. The average molecular weight is 332 g/mol. The molecule has 0 aliphatic heterocycles.